The zero-order valence-corrected chi connectivity index (χ0v) is 9.92. The van der Waals surface area contributed by atoms with E-state index in [1.807, 2.05) is 24.3 Å². The van der Waals surface area contributed by atoms with Gasteiger partial charge in [0, 0.05) is 5.69 Å². The molecule has 0 aliphatic heterocycles. The standard InChI is InChI=1S/C14H11N3O2/c18-10-7-5-9(6-8-10)15-14(19)13-16-11-3-1-2-4-12(11)17-13/h1-8,18H,(H,15,19)(H,16,17). The zero-order chi connectivity index (χ0) is 13.2. The van der Waals surface area contributed by atoms with E-state index in [9.17, 15) is 9.90 Å². The summed E-state index contributed by atoms with van der Waals surface area (Å²) < 4.78 is 0. The number of phenols is 1. The number of phenolic OH excluding ortho intramolecular Hbond substituents is 1. The molecule has 1 aromatic heterocycles. The van der Waals surface area contributed by atoms with Crippen LogP contribution in [0.25, 0.3) is 11.0 Å². The molecule has 0 unspecified atom stereocenters. The van der Waals surface area contributed by atoms with E-state index in [0.29, 0.717) is 5.69 Å². The number of hydrogen-bond donors (Lipinski definition) is 3. The Hall–Kier alpha value is -2.82. The van der Waals surface area contributed by atoms with E-state index < -0.39 is 0 Å². The van der Waals surface area contributed by atoms with Crippen LogP contribution < -0.4 is 5.32 Å². The summed E-state index contributed by atoms with van der Waals surface area (Å²) in [5, 5.41) is 11.9. The van der Waals surface area contributed by atoms with Crippen molar-refractivity contribution in [2.45, 2.75) is 0 Å². The lowest BCUT2D eigenvalue weighted by Crippen LogP contribution is -2.13. The summed E-state index contributed by atoms with van der Waals surface area (Å²) in [4.78, 5) is 19.2. The number of nitrogens with zero attached hydrogens (tertiary/aromatic N) is 1. The number of anilines is 1. The van der Waals surface area contributed by atoms with Gasteiger partial charge in [0.05, 0.1) is 11.0 Å². The van der Waals surface area contributed by atoms with Crippen molar-refractivity contribution >= 4 is 22.6 Å². The van der Waals surface area contributed by atoms with E-state index in [4.69, 9.17) is 0 Å². The molecule has 3 aromatic rings. The van der Waals surface area contributed by atoms with E-state index in [0.717, 1.165) is 11.0 Å². The molecule has 0 saturated carbocycles. The number of aromatic nitrogens is 2. The quantitative estimate of drug-likeness (QED) is 0.614. The lowest BCUT2D eigenvalue weighted by atomic mass is 10.3. The molecule has 0 radical (unpaired) electrons. The maximum atomic E-state index is 12.0. The van der Waals surface area contributed by atoms with Crippen LogP contribution in [0.2, 0.25) is 0 Å². The van der Waals surface area contributed by atoms with Gasteiger partial charge in [0.1, 0.15) is 5.75 Å². The number of aromatic amines is 1. The molecular weight excluding hydrogens is 242 g/mol. The Labute approximate surface area is 108 Å². The Balaban J connectivity index is 1.85. The number of H-pyrrole nitrogens is 1. The molecule has 0 fully saturated rings. The minimum Gasteiger partial charge on any atom is -0.508 e. The van der Waals surface area contributed by atoms with Crippen LogP contribution in [0, 0.1) is 0 Å². The van der Waals surface area contributed by atoms with Gasteiger partial charge in [-0.25, -0.2) is 4.98 Å². The first kappa shape index (κ1) is 11.3. The highest BCUT2D eigenvalue weighted by molar-refractivity contribution is 6.03. The minimum absolute atomic E-state index is 0.154. The summed E-state index contributed by atoms with van der Waals surface area (Å²) >= 11 is 0. The number of benzene rings is 2. The molecule has 1 heterocycles. The van der Waals surface area contributed by atoms with Gasteiger partial charge in [-0.15, -0.1) is 0 Å². The molecule has 19 heavy (non-hydrogen) atoms. The number of rotatable bonds is 2. The number of nitrogens with one attached hydrogen (secondary N) is 2. The summed E-state index contributed by atoms with van der Waals surface area (Å²) in [5.74, 6) is 0.0953. The van der Waals surface area contributed by atoms with Crippen molar-refractivity contribution in [3.05, 3.63) is 54.4 Å². The third-order valence-electron chi connectivity index (χ3n) is 2.73. The van der Waals surface area contributed by atoms with Crippen molar-refractivity contribution in [1.82, 2.24) is 9.97 Å². The SMILES string of the molecule is O=C(Nc1ccc(O)cc1)c1nc2ccccc2[nH]1. The molecule has 0 saturated heterocycles. The number of hydrogen-bond acceptors (Lipinski definition) is 3. The van der Waals surface area contributed by atoms with Crippen LogP contribution in [0.5, 0.6) is 5.75 Å². The van der Waals surface area contributed by atoms with Crippen molar-refractivity contribution < 1.29 is 9.90 Å². The second kappa shape index (κ2) is 4.45. The molecule has 0 aliphatic carbocycles. The fourth-order valence-electron chi connectivity index (χ4n) is 1.80. The van der Waals surface area contributed by atoms with Crippen LogP contribution in [0.15, 0.2) is 48.5 Å². The molecule has 1 amide bonds. The van der Waals surface area contributed by atoms with Gasteiger partial charge >= 0.3 is 0 Å². The average Bonchev–Trinajstić information content (AvgIpc) is 2.85. The topological polar surface area (TPSA) is 78.0 Å². The van der Waals surface area contributed by atoms with Crippen LogP contribution >= 0.6 is 0 Å². The number of imidazole rings is 1. The first-order valence-electron chi connectivity index (χ1n) is 5.77. The van der Waals surface area contributed by atoms with Crippen LogP contribution in [0.1, 0.15) is 10.6 Å². The lowest BCUT2D eigenvalue weighted by molar-refractivity contribution is 0.101. The maximum absolute atomic E-state index is 12.0. The average molecular weight is 253 g/mol. The van der Waals surface area contributed by atoms with Gasteiger partial charge in [-0.05, 0) is 36.4 Å². The third kappa shape index (κ3) is 2.26. The van der Waals surface area contributed by atoms with Crippen molar-refractivity contribution in [2.24, 2.45) is 0 Å². The highest BCUT2D eigenvalue weighted by Crippen LogP contribution is 2.15. The largest absolute Gasteiger partial charge is 0.508 e. The van der Waals surface area contributed by atoms with E-state index in [1.165, 1.54) is 12.1 Å². The number of carbonyl (C=O) groups is 1. The Morgan fingerprint density at radius 2 is 1.84 bits per heavy atom. The number of para-hydroxylation sites is 2. The van der Waals surface area contributed by atoms with Crippen molar-refractivity contribution in [1.29, 1.82) is 0 Å². The predicted octanol–water partition coefficient (Wildman–Crippen LogP) is 2.52. The normalized spacial score (nSPS) is 10.5. The Kier molecular flexibility index (Phi) is 2.64. The second-order valence-corrected chi connectivity index (χ2v) is 4.10. The van der Waals surface area contributed by atoms with Gasteiger partial charge in [-0.1, -0.05) is 12.1 Å². The number of amides is 1. The maximum Gasteiger partial charge on any atom is 0.291 e. The third-order valence-corrected chi connectivity index (χ3v) is 2.73. The number of aromatic hydroxyl groups is 1. The molecule has 0 bridgehead atoms. The zero-order valence-electron chi connectivity index (χ0n) is 9.92. The van der Waals surface area contributed by atoms with Crippen LogP contribution in [-0.2, 0) is 0 Å². The minimum atomic E-state index is -0.318. The Bertz CT molecular complexity index is 699. The van der Waals surface area contributed by atoms with Gasteiger partial charge in [0.25, 0.3) is 5.91 Å². The lowest BCUT2D eigenvalue weighted by Gasteiger charge is -2.02. The monoisotopic (exact) mass is 253 g/mol. The van der Waals surface area contributed by atoms with E-state index in [2.05, 4.69) is 15.3 Å². The number of fused-ring (bicyclic) bond motifs is 1. The molecule has 2 aromatic carbocycles. The summed E-state index contributed by atoms with van der Waals surface area (Å²) in [6, 6.07) is 13.7. The van der Waals surface area contributed by atoms with E-state index in [1.54, 1.807) is 12.1 Å². The molecule has 5 nitrogen and oxygen atoms in total. The molecule has 3 N–H and O–H groups in total. The molecule has 0 aliphatic rings. The molecule has 3 rings (SSSR count). The highest BCUT2D eigenvalue weighted by Gasteiger charge is 2.11. The predicted molar refractivity (Wildman–Crippen MR) is 72.2 cm³/mol. The Morgan fingerprint density at radius 1 is 1.11 bits per heavy atom. The molecular formula is C14H11N3O2. The van der Waals surface area contributed by atoms with E-state index in [-0.39, 0.29) is 17.5 Å². The van der Waals surface area contributed by atoms with Gasteiger partial charge in [0.15, 0.2) is 5.82 Å². The van der Waals surface area contributed by atoms with Crippen LogP contribution in [0.3, 0.4) is 0 Å². The molecule has 94 valence electrons. The summed E-state index contributed by atoms with van der Waals surface area (Å²) in [7, 11) is 0. The second-order valence-electron chi connectivity index (χ2n) is 4.10. The summed E-state index contributed by atoms with van der Waals surface area (Å²) in [5.41, 5.74) is 2.17. The molecule has 0 atom stereocenters. The summed E-state index contributed by atoms with van der Waals surface area (Å²) in [6.45, 7) is 0. The fourth-order valence-corrected chi connectivity index (χ4v) is 1.80. The van der Waals surface area contributed by atoms with Crippen molar-refractivity contribution in [2.75, 3.05) is 5.32 Å². The van der Waals surface area contributed by atoms with Crippen molar-refractivity contribution in [3.8, 4) is 5.75 Å². The van der Waals surface area contributed by atoms with Gasteiger partial charge in [0.2, 0.25) is 0 Å². The molecule has 5 heteroatoms. The van der Waals surface area contributed by atoms with Gasteiger partial charge < -0.3 is 15.4 Å². The smallest absolute Gasteiger partial charge is 0.291 e. The summed E-state index contributed by atoms with van der Waals surface area (Å²) in [6.07, 6.45) is 0. The van der Waals surface area contributed by atoms with Crippen LogP contribution in [0.4, 0.5) is 5.69 Å². The first-order chi connectivity index (χ1) is 9.22. The highest BCUT2D eigenvalue weighted by atomic mass is 16.3. The van der Waals surface area contributed by atoms with E-state index >= 15 is 0 Å². The van der Waals surface area contributed by atoms with Gasteiger partial charge in [-0.2, -0.15) is 0 Å². The van der Waals surface area contributed by atoms with Crippen molar-refractivity contribution in [3.63, 3.8) is 0 Å². The van der Waals surface area contributed by atoms with Gasteiger partial charge in [-0.3, -0.25) is 4.79 Å². The molecule has 0 spiro atoms. The number of carbonyl (C=O) groups excluding carboxylic acids is 1. The first-order valence-corrected chi connectivity index (χ1v) is 5.77. The fraction of sp³-hybridized carbons (Fsp3) is 0. The van der Waals surface area contributed by atoms with Crippen LogP contribution in [-0.4, -0.2) is 21.0 Å². The Morgan fingerprint density at radius 3 is 2.58 bits per heavy atom.